The van der Waals surface area contributed by atoms with Crippen molar-refractivity contribution in [1.29, 1.82) is 0 Å². The number of imidazole rings is 2. The summed E-state index contributed by atoms with van der Waals surface area (Å²) in [5.41, 5.74) is 1.12. The number of rotatable bonds is 8. The minimum Gasteiger partial charge on any atom is -0.453 e. The third-order valence-corrected chi connectivity index (χ3v) is 8.13. The first kappa shape index (κ1) is 33.9. The molecule has 0 bridgehead atoms. The van der Waals surface area contributed by atoms with Crippen molar-refractivity contribution in [3.8, 4) is 23.7 Å². The Morgan fingerprint density at radius 2 is 1.15 bits per heavy atom. The Labute approximate surface area is 268 Å². The minimum atomic E-state index is -0.710. The number of hydrogen-bond acceptors (Lipinski definition) is 8. The summed E-state index contributed by atoms with van der Waals surface area (Å²) in [6, 6.07) is -1.93. The molecule has 4 rings (SSSR count). The maximum absolute atomic E-state index is 13.3. The van der Waals surface area contributed by atoms with E-state index in [9.17, 15) is 19.2 Å². The molecule has 0 saturated carbocycles. The summed E-state index contributed by atoms with van der Waals surface area (Å²) in [5, 5.41) is 5.29. The van der Waals surface area contributed by atoms with Crippen LogP contribution in [0.15, 0.2) is 12.4 Å². The van der Waals surface area contributed by atoms with Crippen molar-refractivity contribution in [2.75, 3.05) is 27.3 Å². The zero-order chi connectivity index (χ0) is 33.4. The van der Waals surface area contributed by atoms with Crippen LogP contribution in [0.2, 0.25) is 0 Å². The number of H-pyrrole nitrogens is 2. The SMILES string of the molecule is COC(=O)NC(C(=O)N1CCCC1c1ncc(C#CC#Cc2cnc(C3CCCN3C(=O)C(NC(=O)OC)C(C)C)[nH]2)[nH]1)C(C)C. The third kappa shape index (κ3) is 7.99. The number of likely N-dealkylation sites (tertiary alicyclic amines) is 2. The van der Waals surface area contributed by atoms with Gasteiger partial charge in [-0.3, -0.25) is 9.59 Å². The van der Waals surface area contributed by atoms with Crippen LogP contribution < -0.4 is 10.6 Å². The number of carbonyl (C=O) groups is 4. The molecule has 4 N–H and O–H groups in total. The van der Waals surface area contributed by atoms with Crippen molar-refractivity contribution in [2.24, 2.45) is 11.8 Å². The third-order valence-electron chi connectivity index (χ3n) is 8.13. The molecule has 0 radical (unpaired) electrons. The van der Waals surface area contributed by atoms with Crippen molar-refractivity contribution in [3.05, 3.63) is 35.4 Å². The lowest BCUT2D eigenvalue weighted by molar-refractivity contribution is -0.136. The smallest absolute Gasteiger partial charge is 0.407 e. The number of hydrogen-bond donors (Lipinski definition) is 4. The number of methoxy groups -OCH3 is 2. The zero-order valence-electron chi connectivity index (χ0n) is 27.1. The molecule has 14 heteroatoms. The van der Waals surface area contributed by atoms with E-state index >= 15 is 0 Å². The van der Waals surface area contributed by atoms with E-state index in [1.165, 1.54) is 14.2 Å². The molecule has 246 valence electrons. The van der Waals surface area contributed by atoms with Crippen molar-refractivity contribution in [1.82, 2.24) is 40.4 Å². The Bertz CT molecular complexity index is 1430. The largest absolute Gasteiger partial charge is 0.453 e. The first-order valence-corrected chi connectivity index (χ1v) is 15.5. The number of alkyl carbamates (subject to hydrolysis) is 2. The molecule has 2 fully saturated rings. The second-order valence-corrected chi connectivity index (χ2v) is 12.0. The van der Waals surface area contributed by atoms with E-state index in [2.05, 4.69) is 54.3 Å². The highest BCUT2D eigenvalue weighted by atomic mass is 16.5. The Morgan fingerprint density at radius 3 is 1.50 bits per heavy atom. The number of aromatic amines is 2. The molecule has 2 aliphatic heterocycles. The van der Waals surface area contributed by atoms with Gasteiger partial charge in [-0.05, 0) is 61.2 Å². The molecule has 4 atom stereocenters. The van der Waals surface area contributed by atoms with Gasteiger partial charge in [0.05, 0.1) is 38.7 Å². The van der Waals surface area contributed by atoms with E-state index in [0.29, 0.717) is 36.1 Å². The van der Waals surface area contributed by atoms with Gasteiger partial charge in [0.2, 0.25) is 11.8 Å². The first-order chi connectivity index (χ1) is 22.0. The molecule has 2 aromatic heterocycles. The number of aromatic nitrogens is 4. The van der Waals surface area contributed by atoms with Crippen molar-refractivity contribution in [3.63, 3.8) is 0 Å². The maximum atomic E-state index is 13.3. The zero-order valence-corrected chi connectivity index (χ0v) is 27.1. The van der Waals surface area contributed by atoms with Gasteiger partial charge in [0, 0.05) is 13.1 Å². The molecule has 0 aliphatic carbocycles. The van der Waals surface area contributed by atoms with Crippen LogP contribution >= 0.6 is 0 Å². The normalized spacial score (nSPS) is 18.7. The van der Waals surface area contributed by atoms with Gasteiger partial charge in [0.1, 0.15) is 35.1 Å². The number of amides is 4. The van der Waals surface area contributed by atoms with Crippen molar-refractivity contribution < 1.29 is 28.7 Å². The molecule has 14 nitrogen and oxygen atoms in total. The van der Waals surface area contributed by atoms with Gasteiger partial charge < -0.3 is 39.9 Å². The maximum Gasteiger partial charge on any atom is 0.407 e. The van der Waals surface area contributed by atoms with Gasteiger partial charge in [-0.1, -0.05) is 27.7 Å². The standard InChI is InChI=1S/C32H42N8O6/c1-19(2)25(37-31(43)45-5)29(41)39-15-9-13-23(39)27-33-17-21(35-27)11-7-8-12-22-18-34-28(36-22)24-14-10-16-40(24)30(42)26(20(3)4)38-32(44)46-6/h17-20,23-26H,9-10,13-16H2,1-6H3,(H,33,35)(H,34,36)(H,37,43)(H,38,44). The summed E-state index contributed by atoms with van der Waals surface area (Å²) in [6.45, 7) is 8.60. The Kier molecular flexibility index (Phi) is 11.3. The molecular weight excluding hydrogens is 592 g/mol. The van der Waals surface area contributed by atoms with Crippen LogP contribution in [0, 0.1) is 35.5 Å². The molecule has 0 aromatic carbocycles. The highest BCUT2D eigenvalue weighted by Crippen LogP contribution is 2.32. The first-order valence-electron chi connectivity index (χ1n) is 15.5. The van der Waals surface area contributed by atoms with E-state index in [0.717, 1.165) is 25.7 Å². The predicted molar refractivity (Wildman–Crippen MR) is 167 cm³/mol. The predicted octanol–water partition coefficient (Wildman–Crippen LogP) is 2.62. The fourth-order valence-electron chi connectivity index (χ4n) is 5.72. The summed E-state index contributed by atoms with van der Waals surface area (Å²) < 4.78 is 9.40. The summed E-state index contributed by atoms with van der Waals surface area (Å²) in [7, 11) is 2.53. The number of nitrogens with zero attached hydrogens (tertiary/aromatic N) is 4. The average Bonchev–Trinajstić information content (AvgIpc) is 3.86. The van der Waals surface area contributed by atoms with Crippen molar-refractivity contribution >= 4 is 24.0 Å². The quantitative estimate of drug-likeness (QED) is 0.321. The lowest BCUT2D eigenvalue weighted by Gasteiger charge is -2.29. The fraction of sp³-hybridized carbons (Fsp3) is 0.562. The molecule has 4 heterocycles. The number of ether oxygens (including phenoxy) is 2. The van der Waals surface area contributed by atoms with Crippen LogP contribution in [0.4, 0.5) is 9.59 Å². The number of carbonyl (C=O) groups excluding carboxylic acids is 4. The van der Waals surface area contributed by atoms with Crippen LogP contribution in [0.5, 0.6) is 0 Å². The van der Waals surface area contributed by atoms with Gasteiger partial charge in [-0.15, -0.1) is 0 Å². The molecular formula is C32H42N8O6. The highest BCUT2D eigenvalue weighted by Gasteiger charge is 2.38. The van der Waals surface area contributed by atoms with Gasteiger partial charge >= 0.3 is 12.2 Å². The molecule has 2 aromatic rings. The monoisotopic (exact) mass is 634 g/mol. The molecule has 2 aliphatic rings. The van der Waals surface area contributed by atoms with Crippen LogP contribution in [-0.2, 0) is 19.1 Å². The Balaban J connectivity index is 1.40. The summed E-state index contributed by atoms with van der Waals surface area (Å²) >= 11 is 0. The van der Waals surface area contributed by atoms with E-state index in [-0.39, 0.29) is 35.7 Å². The van der Waals surface area contributed by atoms with Crippen LogP contribution in [0.1, 0.15) is 88.5 Å². The topological polar surface area (TPSA) is 175 Å². The molecule has 4 amide bonds. The van der Waals surface area contributed by atoms with Gasteiger partial charge in [0.15, 0.2) is 0 Å². The molecule has 2 saturated heterocycles. The van der Waals surface area contributed by atoms with E-state index < -0.39 is 24.3 Å². The lowest BCUT2D eigenvalue weighted by atomic mass is 10.0. The van der Waals surface area contributed by atoms with Crippen LogP contribution in [0.3, 0.4) is 0 Å². The summed E-state index contributed by atoms with van der Waals surface area (Å²) in [6.07, 6.45) is 5.02. The van der Waals surface area contributed by atoms with E-state index in [1.54, 1.807) is 22.2 Å². The van der Waals surface area contributed by atoms with Gasteiger partial charge in [-0.25, -0.2) is 19.6 Å². The van der Waals surface area contributed by atoms with Crippen LogP contribution in [-0.4, -0.2) is 93.1 Å². The van der Waals surface area contributed by atoms with E-state index in [4.69, 9.17) is 9.47 Å². The van der Waals surface area contributed by atoms with E-state index in [1.807, 2.05) is 27.7 Å². The number of nitrogens with one attached hydrogen (secondary N) is 4. The second-order valence-electron chi connectivity index (χ2n) is 12.0. The lowest BCUT2D eigenvalue weighted by Crippen LogP contribution is -2.51. The Morgan fingerprint density at radius 1 is 0.761 bits per heavy atom. The summed E-state index contributed by atoms with van der Waals surface area (Å²) in [4.78, 5) is 69.1. The van der Waals surface area contributed by atoms with Crippen LogP contribution in [0.25, 0.3) is 0 Å². The Hall–Kier alpha value is -4.98. The minimum absolute atomic E-state index is 0.123. The average molecular weight is 635 g/mol. The summed E-state index contributed by atoms with van der Waals surface area (Å²) in [5.74, 6) is 12.2. The van der Waals surface area contributed by atoms with Crippen molar-refractivity contribution in [2.45, 2.75) is 77.5 Å². The molecule has 0 spiro atoms. The van der Waals surface area contributed by atoms with Gasteiger partial charge in [0.25, 0.3) is 0 Å². The van der Waals surface area contributed by atoms with Gasteiger partial charge in [-0.2, -0.15) is 0 Å². The molecule has 46 heavy (non-hydrogen) atoms. The highest BCUT2D eigenvalue weighted by molar-refractivity contribution is 5.87. The molecule has 4 unspecified atom stereocenters. The fourth-order valence-corrected chi connectivity index (χ4v) is 5.72. The second kappa shape index (κ2) is 15.3.